The number of rotatable bonds is 11. The number of amides is 1. The number of nitro groups is 1. The zero-order chi connectivity index (χ0) is 31.4. The third-order valence-electron chi connectivity index (χ3n) is 6.08. The van der Waals surface area contributed by atoms with Gasteiger partial charge in [-0.1, -0.05) is 6.07 Å². The molecule has 4 aromatic rings. The maximum Gasteiger partial charge on any atom is 0.273 e. The van der Waals surface area contributed by atoms with Crippen LogP contribution in [0.5, 0.6) is 5.75 Å². The van der Waals surface area contributed by atoms with Crippen molar-refractivity contribution in [1.29, 1.82) is 0 Å². The fourth-order valence-corrected chi connectivity index (χ4v) is 6.26. The largest absolute Gasteiger partial charge is 0.497 e. The van der Waals surface area contributed by atoms with Gasteiger partial charge in [0.25, 0.3) is 25.7 Å². The van der Waals surface area contributed by atoms with Crippen molar-refractivity contribution in [1.82, 2.24) is 9.97 Å². The Morgan fingerprint density at radius 1 is 0.953 bits per heavy atom. The maximum atomic E-state index is 13.7. The van der Waals surface area contributed by atoms with Crippen molar-refractivity contribution in [3.8, 4) is 5.75 Å². The van der Waals surface area contributed by atoms with Crippen LogP contribution in [-0.2, 0) is 24.8 Å². The van der Waals surface area contributed by atoms with Crippen molar-refractivity contribution in [2.24, 2.45) is 0 Å². The Morgan fingerprint density at radius 3 is 2.21 bits per heavy atom. The van der Waals surface area contributed by atoms with Crippen molar-refractivity contribution in [2.45, 2.75) is 23.6 Å². The van der Waals surface area contributed by atoms with Gasteiger partial charge in [-0.05, 0) is 74.5 Å². The highest BCUT2D eigenvalue weighted by molar-refractivity contribution is 7.93. The molecule has 4 rings (SSSR count). The lowest BCUT2D eigenvalue weighted by Gasteiger charge is -2.24. The van der Waals surface area contributed by atoms with Gasteiger partial charge >= 0.3 is 0 Å². The van der Waals surface area contributed by atoms with Gasteiger partial charge in [0.1, 0.15) is 12.3 Å². The molecule has 1 heterocycles. The average molecular weight is 627 g/mol. The summed E-state index contributed by atoms with van der Waals surface area (Å²) in [4.78, 5) is 31.2. The molecule has 0 saturated heterocycles. The van der Waals surface area contributed by atoms with Crippen LogP contribution < -0.4 is 19.1 Å². The van der Waals surface area contributed by atoms with E-state index in [2.05, 4.69) is 20.0 Å². The number of carbonyl (C=O) groups is 1. The molecule has 0 unspecified atom stereocenters. The normalized spacial score (nSPS) is 11.4. The first-order chi connectivity index (χ1) is 20.3. The van der Waals surface area contributed by atoms with E-state index in [0.717, 1.165) is 10.4 Å². The molecule has 0 bridgehead atoms. The number of ether oxygens (including phenoxy) is 1. The minimum atomic E-state index is -4.46. The van der Waals surface area contributed by atoms with Crippen LogP contribution in [-0.4, -0.2) is 51.3 Å². The number of aryl methyl sites for hydroxylation is 2. The first-order valence-electron chi connectivity index (χ1n) is 12.4. The molecule has 16 heteroatoms. The van der Waals surface area contributed by atoms with E-state index in [0.29, 0.717) is 11.4 Å². The molecule has 0 aliphatic carbocycles. The quantitative estimate of drug-likeness (QED) is 0.183. The lowest BCUT2D eigenvalue weighted by Crippen LogP contribution is -2.38. The van der Waals surface area contributed by atoms with Crippen LogP contribution in [0.1, 0.15) is 11.3 Å². The minimum absolute atomic E-state index is 0.101. The first kappa shape index (κ1) is 30.9. The fourth-order valence-electron chi connectivity index (χ4n) is 3.86. The number of nitro benzene ring substituents is 1. The molecular formula is C27H26N6O8S2. The summed E-state index contributed by atoms with van der Waals surface area (Å²) >= 11 is 0. The van der Waals surface area contributed by atoms with Crippen molar-refractivity contribution in [3.05, 3.63) is 100 Å². The van der Waals surface area contributed by atoms with Gasteiger partial charge in [-0.2, -0.15) is 0 Å². The standard InChI is InChI=1S/C27H26N6O8S2/c1-18-4-11-24(16-25(18)33(35)36)43(39,40)32(21-7-9-22(41-3)10-8-21)17-26(34)30-20-5-12-23(13-6-20)42(37,38)31-27-28-15-14-19(2)29-27/h4-16H,17H2,1-3H3,(H,30,34)(H,28,29,31). The molecule has 1 amide bonds. The molecule has 43 heavy (non-hydrogen) atoms. The Balaban J connectivity index is 1.58. The number of hydrogen-bond donors (Lipinski definition) is 2. The Labute approximate surface area is 247 Å². The van der Waals surface area contributed by atoms with Gasteiger partial charge in [-0.3, -0.25) is 19.2 Å². The SMILES string of the molecule is COc1ccc(N(CC(=O)Nc2ccc(S(=O)(=O)Nc3nccc(C)n3)cc2)S(=O)(=O)c2ccc(C)c([N+](=O)[O-])c2)cc1. The highest BCUT2D eigenvalue weighted by atomic mass is 32.2. The number of hydrogen-bond acceptors (Lipinski definition) is 10. The number of methoxy groups -OCH3 is 1. The molecule has 0 spiro atoms. The number of anilines is 3. The molecule has 0 aliphatic rings. The van der Waals surface area contributed by atoms with E-state index < -0.39 is 43.1 Å². The number of benzene rings is 3. The van der Waals surface area contributed by atoms with E-state index in [1.807, 2.05) is 0 Å². The highest BCUT2D eigenvalue weighted by Gasteiger charge is 2.29. The first-order valence-corrected chi connectivity index (χ1v) is 15.4. The Bertz CT molecular complexity index is 1880. The fraction of sp³-hybridized carbons (Fsp3) is 0.148. The summed E-state index contributed by atoms with van der Waals surface area (Å²) in [5.41, 5.74) is 0.736. The van der Waals surface area contributed by atoms with Gasteiger partial charge in [0, 0.05) is 29.2 Å². The van der Waals surface area contributed by atoms with Crippen molar-refractivity contribution in [2.75, 3.05) is 28.0 Å². The third-order valence-corrected chi connectivity index (χ3v) is 9.20. The monoisotopic (exact) mass is 626 g/mol. The molecule has 224 valence electrons. The summed E-state index contributed by atoms with van der Waals surface area (Å²) in [6, 6.07) is 16.1. The summed E-state index contributed by atoms with van der Waals surface area (Å²) < 4.78 is 61.0. The molecule has 3 aromatic carbocycles. The Kier molecular flexibility index (Phi) is 8.91. The lowest BCUT2D eigenvalue weighted by atomic mass is 10.2. The Morgan fingerprint density at radius 2 is 1.60 bits per heavy atom. The van der Waals surface area contributed by atoms with Gasteiger partial charge in [0.05, 0.1) is 27.5 Å². The second-order valence-corrected chi connectivity index (χ2v) is 12.7. The van der Waals surface area contributed by atoms with Crippen LogP contribution in [0.4, 0.5) is 23.0 Å². The van der Waals surface area contributed by atoms with Gasteiger partial charge in [-0.15, -0.1) is 0 Å². The number of nitrogens with zero attached hydrogens (tertiary/aromatic N) is 4. The summed E-state index contributed by atoms with van der Waals surface area (Å²) in [5, 5.41) is 14.0. The smallest absolute Gasteiger partial charge is 0.273 e. The zero-order valence-electron chi connectivity index (χ0n) is 23.1. The highest BCUT2D eigenvalue weighted by Crippen LogP contribution is 2.29. The number of nitrogens with one attached hydrogen (secondary N) is 2. The van der Waals surface area contributed by atoms with Crippen LogP contribution >= 0.6 is 0 Å². The van der Waals surface area contributed by atoms with Crippen LogP contribution in [0.2, 0.25) is 0 Å². The molecular weight excluding hydrogens is 600 g/mol. The van der Waals surface area contributed by atoms with E-state index in [1.165, 1.54) is 80.9 Å². The molecule has 0 fully saturated rings. The molecule has 0 saturated carbocycles. The summed E-state index contributed by atoms with van der Waals surface area (Å²) in [6.07, 6.45) is 1.41. The molecule has 0 aliphatic heterocycles. The number of carbonyl (C=O) groups excluding carboxylic acids is 1. The van der Waals surface area contributed by atoms with E-state index in [4.69, 9.17) is 4.74 Å². The van der Waals surface area contributed by atoms with Gasteiger partial charge < -0.3 is 10.1 Å². The topological polar surface area (TPSA) is 191 Å². The number of aromatic nitrogens is 2. The van der Waals surface area contributed by atoms with Crippen LogP contribution in [0, 0.1) is 24.0 Å². The van der Waals surface area contributed by atoms with Crippen LogP contribution in [0.25, 0.3) is 0 Å². The van der Waals surface area contributed by atoms with E-state index in [-0.39, 0.29) is 32.7 Å². The van der Waals surface area contributed by atoms with E-state index >= 15 is 0 Å². The van der Waals surface area contributed by atoms with E-state index in [1.54, 1.807) is 13.0 Å². The van der Waals surface area contributed by atoms with Crippen molar-refractivity contribution >= 4 is 49.0 Å². The second kappa shape index (κ2) is 12.4. The lowest BCUT2D eigenvalue weighted by molar-refractivity contribution is -0.385. The molecule has 14 nitrogen and oxygen atoms in total. The second-order valence-electron chi connectivity index (χ2n) is 9.11. The third kappa shape index (κ3) is 7.22. The predicted molar refractivity (Wildman–Crippen MR) is 158 cm³/mol. The molecule has 0 atom stereocenters. The summed E-state index contributed by atoms with van der Waals surface area (Å²) in [5.74, 6) is -0.422. The zero-order valence-corrected chi connectivity index (χ0v) is 24.7. The minimum Gasteiger partial charge on any atom is -0.497 e. The molecule has 1 aromatic heterocycles. The van der Waals surface area contributed by atoms with Crippen LogP contribution in [0.3, 0.4) is 0 Å². The number of sulfonamides is 2. The molecule has 2 N–H and O–H groups in total. The van der Waals surface area contributed by atoms with E-state index in [9.17, 15) is 31.7 Å². The van der Waals surface area contributed by atoms with Crippen molar-refractivity contribution < 1.29 is 31.3 Å². The van der Waals surface area contributed by atoms with Crippen LogP contribution in [0.15, 0.2) is 88.8 Å². The van der Waals surface area contributed by atoms with Crippen molar-refractivity contribution in [3.63, 3.8) is 0 Å². The Hall–Kier alpha value is -5.09. The van der Waals surface area contributed by atoms with Gasteiger partial charge in [0.15, 0.2) is 0 Å². The maximum absolute atomic E-state index is 13.7. The van der Waals surface area contributed by atoms with Gasteiger partial charge in [-0.25, -0.2) is 31.5 Å². The average Bonchev–Trinajstić information content (AvgIpc) is 2.96. The molecule has 0 radical (unpaired) electrons. The van der Waals surface area contributed by atoms with Gasteiger partial charge in [0.2, 0.25) is 11.9 Å². The predicted octanol–water partition coefficient (Wildman–Crippen LogP) is 3.65. The summed E-state index contributed by atoms with van der Waals surface area (Å²) in [7, 11) is -7.06. The summed E-state index contributed by atoms with van der Waals surface area (Å²) in [6.45, 7) is 2.46.